The minimum Gasteiger partial charge on any atom is -0.377 e. The molecule has 0 aliphatic rings. The summed E-state index contributed by atoms with van der Waals surface area (Å²) >= 11 is 0. The highest BCUT2D eigenvalue weighted by molar-refractivity contribution is 8.76. The molecule has 0 aliphatic heterocycles. The van der Waals surface area contributed by atoms with E-state index < -0.39 is 17.6 Å². The van der Waals surface area contributed by atoms with Crippen molar-refractivity contribution in [3.8, 4) is 0 Å². The van der Waals surface area contributed by atoms with Crippen LogP contribution in [0.25, 0.3) is 0 Å². The molecule has 0 fully saturated rings. The molecule has 0 aromatic heterocycles. The Labute approximate surface area is 194 Å². The van der Waals surface area contributed by atoms with E-state index in [1.54, 1.807) is 28.4 Å². The van der Waals surface area contributed by atoms with Crippen LogP contribution in [0.4, 0.5) is 0 Å². The lowest BCUT2D eigenvalue weighted by atomic mass is 10.6. The molecular weight excluding hydrogens is 461 g/mol. The second-order valence-corrected chi connectivity index (χ2v) is 16.0. The van der Waals surface area contributed by atoms with Crippen molar-refractivity contribution in [2.45, 2.75) is 24.9 Å². The summed E-state index contributed by atoms with van der Waals surface area (Å²) < 4.78 is 34.6. The summed E-state index contributed by atoms with van der Waals surface area (Å²) in [5.74, 6) is 2.08. The Morgan fingerprint density at radius 2 is 0.933 bits per heavy atom. The maximum atomic E-state index is 5.99. The summed E-state index contributed by atoms with van der Waals surface area (Å²) in [5, 5.41) is 0. The van der Waals surface area contributed by atoms with Crippen molar-refractivity contribution in [2.24, 2.45) is 0 Å². The lowest BCUT2D eigenvalue weighted by molar-refractivity contribution is 0.0906. The number of nitrogens with zero attached hydrogens (tertiary/aromatic N) is 2. The van der Waals surface area contributed by atoms with E-state index in [9.17, 15) is 0 Å². The van der Waals surface area contributed by atoms with Gasteiger partial charge in [-0.25, -0.2) is 0 Å². The lowest BCUT2D eigenvalue weighted by Crippen LogP contribution is -2.45. The topological polar surface area (TPSA) is 61.9 Å². The van der Waals surface area contributed by atoms with Gasteiger partial charge >= 0.3 is 17.6 Å². The zero-order valence-electron chi connectivity index (χ0n) is 20.2. The fourth-order valence-electron chi connectivity index (χ4n) is 2.54. The van der Waals surface area contributed by atoms with Crippen molar-refractivity contribution in [3.63, 3.8) is 0 Å². The van der Waals surface area contributed by atoms with Gasteiger partial charge in [-0.15, -0.1) is 0 Å². The predicted molar refractivity (Wildman–Crippen MR) is 132 cm³/mol. The zero-order valence-corrected chi connectivity index (χ0v) is 23.9. The molecule has 0 aromatic carbocycles. The van der Waals surface area contributed by atoms with Gasteiger partial charge in [0, 0.05) is 65.1 Å². The standard InChI is InChI=1S/C18H44N2O6S2Si2/c1-19(2)11-13-25-29(21-5,22-6)17-9-15-27-28-16-10-18-30(23-7,24-8)26-14-12-20(3)4/h9-18H2,1-8H3. The van der Waals surface area contributed by atoms with Crippen LogP contribution in [0.2, 0.25) is 12.1 Å². The molecule has 0 atom stereocenters. The zero-order chi connectivity index (χ0) is 22.9. The Morgan fingerprint density at radius 1 is 0.600 bits per heavy atom. The van der Waals surface area contributed by atoms with Gasteiger partial charge in [0.2, 0.25) is 0 Å². The van der Waals surface area contributed by atoms with E-state index in [2.05, 4.69) is 9.80 Å². The number of hydrogen-bond acceptors (Lipinski definition) is 10. The second kappa shape index (κ2) is 18.3. The third-order valence-corrected chi connectivity index (χ3v) is 12.8. The minimum atomic E-state index is -2.54. The van der Waals surface area contributed by atoms with Crippen LogP contribution in [0, 0.1) is 0 Å². The first-order chi connectivity index (χ1) is 14.3. The first-order valence-electron chi connectivity index (χ1n) is 10.3. The molecule has 0 unspecified atom stereocenters. The van der Waals surface area contributed by atoms with E-state index in [0.29, 0.717) is 13.2 Å². The molecule has 0 radical (unpaired) electrons. The summed E-state index contributed by atoms with van der Waals surface area (Å²) in [6, 6.07) is 1.67. The molecule has 0 aromatic rings. The summed E-state index contributed by atoms with van der Waals surface area (Å²) in [6.45, 7) is 2.98. The Hall–Kier alpha value is 0.814. The Morgan fingerprint density at radius 3 is 1.20 bits per heavy atom. The van der Waals surface area contributed by atoms with Gasteiger partial charge in [0.15, 0.2) is 0 Å². The number of hydrogen-bond donors (Lipinski definition) is 0. The quantitative estimate of drug-likeness (QED) is 0.132. The molecule has 0 saturated carbocycles. The summed E-state index contributed by atoms with van der Waals surface area (Å²) in [5.41, 5.74) is 0. The van der Waals surface area contributed by atoms with Gasteiger partial charge in [-0.05, 0) is 41.0 Å². The van der Waals surface area contributed by atoms with Gasteiger partial charge in [-0.3, -0.25) is 0 Å². The highest BCUT2D eigenvalue weighted by Crippen LogP contribution is 2.27. The highest BCUT2D eigenvalue weighted by Gasteiger charge is 2.39. The van der Waals surface area contributed by atoms with Gasteiger partial charge in [-0.1, -0.05) is 21.6 Å². The van der Waals surface area contributed by atoms with Gasteiger partial charge in [0.25, 0.3) is 0 Å². The lowest BCUT2D eigenvalue weighted by Gasteiger charge is -2.27. The van der Waals surface area contributed by atoms with Gasteiger partial charge < -0.3 is 36.4 Å². The smallest absolute Gasteiger partial charge is 0.377 e. The molecule has 0 amide bonds. The van der Waals surface area contributed by atoms with E-state index in [0.717, 1.165) is 49.5 Å². The van der Waals surface area contributed by atoms with Crippen LogP contribution in [-0.4, -0.2) is 122 Å². The van der Waals surface area contributed by atoms with Crippen molar-refractivity contribution in [2.75, 3.05) is 94.4 Å². The van der Waals surface area contributed by atoms with Crippen LogP contribution in [0.1, 0.15) is 12.8 Å². The first-order valence-corrected chi connectivity index (χ1v) is 16.7. The number of likely N-dealkylation sites (N-methyl/N-ethyl adjacent to an activating group) is 2. The third-order valence-electron chi connectivity index (χ3n) is 4.47. The average Bonchev–Trinajstić information content (AvgIpc) is 2.72. The van der Waals surface area contributed by atoms with Gasteiger partial charge in [0.1, 0.15) is 0 Å². The van der Waals surface area contributed by atoms with Crippen LogP contribution in [-0.2, 0) is 26.6 Å². The Balaban J connectivity index is 4.04. The van der Waals surface area contributed by atoms with Crippen LogP contribution in [0.3, 0.4) is 0 Å². The molecule has 12 heteroatoms. The maximum absolute atomic E-state index is 5.99. The molecule has 0 N–H and O–H groups in total. The molecule has 8 nitrogen and oxygen atoms in total. The van der Waals surface area contributed by atoms with Crippen LogP contribution in [0.5, 0.6) is 0 Å². The SMILES string of the molecule is CO[Si](CCCSSCCC[Si](OC)(OC)OCCN(C)C)(OC)OCCN(C)C. The fourth-order valence-corrected chi connectivity index (χ4v) is 9.16. The highest BCUT2D eigenvalue weighted by atomic mass is 33.1. The Kier molecular flexibility index (Phi) is 18.8. The van der Waals surface area contributed by atoms with Crippen molar-refractivity contribution in [1.82, 2.24) is 9.80 Å². The van der Waals surface area contributed by atoms with Crippen molar-refractivity contribution >= 4 is 39.2 Å². The molecule has 0 spiro atoms. The first kappa shape index (κ1) is 30.8. The van der Waals surface area contributed by atoms with Crippen molar-refractivity contribution < 1.29 is 26.6 Å². The van der Waals surface area contributed by atoms with E-state index in [1.807, 2.05) is 49.8 Å². The van der Waals surface area contributed by atoms with E-state index >= 15 is 0 Å². The molecular formula is C18H44N2O6S2Si2. The largest absolute Gasteiger partial charge is 0.500 e. The fraction of sp³-hybridized carbons (Fsp3) is 1.00. The normalized spacial score (nSPS) is 13.0. The maximum Gasteiger partial charge on any atom is 0.500 e. The molecule has 182 valence electrons. The summed E-state index contributed by atoms with van der Waals surface area (Å²) in [6.07, 6.45) is 2.02. The van der Waals surface area contributed by atoms with Gasteiger partial charge in [-0.2, -0.15) is 0 Å². The minimum absolute atomic E-state index is 0.629. The molecule has 0 aliphatic carbocycles. The van der Waals surface area contributed by atoms with E-state index in [-0.39, 0.29) is 0 Å². The van der Waals surface area contributed by atoms with Gasteiger partial charge in [0.05, 0.1) is 13.2 Å². The van der Waals surface area contributed by atoms with Crippen LogP contribution in [0.15, 0.2) is 0 Å². The molecule has 0 bridgehead atoms. The monoisotopic (exact) mass is 504 g/mol. The summed E-state index contributed by atoms with van der Waals surface area (Å²) in [4.78, 5) is 4.18. The Bertz CT molecular complexity index is 371. The van der Waals surface area contributed by atoms with Crippen molar-refractivity contribution in [3.05, 3.63) is 0 Å². The molecule has 0 saturated heterocycles. The number of rotatable bonds is 21. The van der Waals surface area contributed by atoms with Crippen LogP contribution < -0.4 is 0 Å². The molecule has 0 heterocycles. The van der Waals surface area contributed by atoms with E-state index in [1.165, 1.54) is 0 Å². The van der Waals surface area contributed by atoms with Crippen LogP contribution >= 0.6 is 21.6 Å². The average molecular weight is 505 g/mol. The predicted octanol–water partition coefficient (Wildman–Crippen LogP) is 2.77. The molecule has 30 heavy (non-hydrogen) atoms. The van der Waals surface area contributed by atoms with E-state index in [4.69, 9.17) is 26.6 Å². The third kappa shape index (κ3) is 14.1. The second-order valence-electron chi connectivity index (χ2n) is 7.34. The molecule has 0 rings (SSSR count). The van der Waals surface area contributed by atoms with Crippen molar-refractivity contribution in [1.29, 1.82) is 0 Å². The summed E-state index contributed by atoms with van der Waals surface area (Å²) in [7, 11) is 13.6.